The fourth-order valence-electron chi connectivity index (χ4n) is 2.30. The summed E-state index contributed by atoms with van der Waals surface area (Å²) in [6.07, 6.45) is 2.98. The van der Waals surface area contributed by atoms with Crippen molar-refractivity contribution in [1.29, 1.82) is 0 Å². The van der Waals surface area contributed by atoms with Crippen molar-refractivity contribution in [3.05, 3.63) is 0 Å². The van der Waals surface area contributed by atoms with Gasteiger partial charge in [-0.05, 0) is 24.2 Å². The van der Waals surface area contributed by atoms with E-state index >= 15 is 0 Å². The molecule has 3 heteroatoms. The molecule has 0 aromatic heterocycles. The molecule has 0 saturated heterocycles. The summed E-state index contributed by atoms with van der Waals surface area (Å²) in [5.74, 6) is -0.992. The van der Waals surface area contributed by atoms with E-state index in [0.29, 0.717) is 18.8 Å². The van der Waals surface area contributed by atoms with Crippen LogP contribution in [0.2, 0.25) is 0 Å². The maximum absolute atomic E-state index is 10.8. The van der Waals surface area contributed by atoms with E-state index in [4.69, 9.17) is 4.74 Å². The third-order valence-corrected chi connectivity index (χ3v) is 3.33. The first kappa shape index (κ1) is 12.5. The summed E-state index contributed by atoms with van der Waals surface area (Å²) in [6, 6.07) is 0. The molecule has 1 fully saturated rings. The molecule has 88 valence electrons. The van der Waals surface area contributed by atoms with Crippen LogP contribution in [0.1, 0.15) is 53.4 Å². The molecule has 0 unspecified atom stereocenters. The van der Waals surface area contributed by atoms with Crippen LogP contribution in [0.15, 0.2) is 0 Å². The van der Waals surface area contributed by atoms with Crippen molar-refractivity contribution in [2.75, 3.05) is 0 Å². The highest BCUT2D eigenvalue weighted by molar-refractivity contribution is 5.66. The Morgan fingerprint density at radius 1 is 1.33 bits per heavy atom. The van der Waals surface area contributed by atoms with E-state index in [9.17, 15) is 9.90 Å². The van der Waals surface area contributed by atoms with Crippen LogP contribution < -0.4 is 0 Å². The Morgan fingerprint density at radius 3 is 2.13 bits per heavy atom. The summed E-state index contributed by atoms with van der Waals surface area (Å²) in [5.41, 5.74) is 0.275. The van der Waals surface area contributed by atoms with E-state index < -0.39 is 11.8 Å². The Morgan fingerprint density at radius 2 is 1.80 bits per heavy atom. The lowest BCUT2D eigenvalue weighted by molar-refractivity contribution is -0.223. The molecule has 1 aliphatic carbocycles. The molecule has 0 heterocycles. The lowest BCUT2D eigenvalue weighted by Gasteiger charge is -2.40. The zero-order valence-electron chi connectivity index (χ0n) is 10.2. The maximum Gasteiger partial charge on any atom is 0.305 e. The highest BCUT2D eigenvalue weighted by Crippen LogP contribution is 2.41. The van der Waals surface area contributed by atoms with Gasteiger partial charge in [0.2, 0.25) is 5.79 Å². The average molecular weight is 214 g/mol. The second-order valence-electron chi connectivity index (χ2n) is 5.68. The zero-order valence-corrected chi connectivity index (χ0v) is 10.2. The standard InChI is InChI=1S/C12H22O3/c1-9(13)15-12(14)7-5-10(6-8-12)11(2,3)4/h10,14H,5-8H2,1-4H3. The van der Waals surface area contributed by atoms with Gasteiger partial charge < -0.3 is 9.84 Å². The highest BCUT2D eigenvalue weighted by Gasteiger charge is 2.39. The van der Waals surface area contributed by atoms with E-state index in [1.165, 1.54) is 6.92 Å². The van der Waals surface area contributed by atoms with Gasteiger partial charge >= 0.3 is 5.97 Å². The lowest BCUT2D eigenvalue weighted by Crippen LogP contribution is -2.40. The van der Waals surface area contributed by atoms with Crippen LogP contribution in [0.5, 0.6) is 0 Å². The van der Waals surface area contributed by atoms with Gasteiger partial charge in [-0.25, -0.2) is 0 Å². The SMILES string of the molecule is CC(=O)OC1(O)CCC(C(C)(C)C)CC1. The van der Waals surface area contributed by atoms with Crippen molar-refractivity contribution >= 4 is 5.97 Å². The third kappa shape index (κ3) is 3.49. The van der Waals surface area contributed by atoms with Crippen LogP contribution in [0.4, 0.5) is 0 Å². The monoisotopic (exact) mass is 214 g/mol. The zero-order chi connectivity index (χ0) is 11.7. The van der Waals surface area contributed by atoms with Gasteiger partial charge in [0.15, 0.2) is 0 Å². The second-order valence-corrected chi connectivity index (χ2v) is 5.68. The molecular formula is C12H22O3. The van der Waals surface area contributed by atoms with E-state index in [-0.39, 0.29) is 5.41 Å². The molecule has 0 aliphatic heterocycles. The minimum Gasteiger partial charge on any atom is -0.433 e. The van der Waals surface area contributed by atoms with Crippen molar-refractivity contribution in [3.8, 4) is 0 Å². The predicted octanol–water partition coefficient (Wildman–Crippen LogP) is 2.47. The van der Waals surface area contributed by atoms with Crippen LogP contribution >= 0.6 is 0 Å². The Balaban J connectivity index is 2.51. The minimum absolute atomic E-state index is 0.275. The normalized spacial score (nSPS) is 32.5. The molecule has 0 aromatic carbocycles. The van der Waals surface area contributed by atoms with Crippen LogP contribution in [-0.4, -0.2) is 16.9 Å². The predicted molar refractivity (Wildman–Crippen MR) is 58.1 cm³/mol. The highest BCUT2D eigenvalue weighted by atomic mass is 16.7. The number of aliphatic hydroxyl groups is 1. The van der Waals surface area contributed by atoms with Crippen LogP contribution in [0.25, 0.3) is 0 Å². The molecule has 3 nitrogen and oxygen atoms in total. The summed E-state index contributed by atoms with van der Waals surface area (Å²) in [4.78, 5) is 10.8. The van der Waals surface area contributed by atoms with Crippen LogP contribution in [0.3, 0.4) is 0 Å². The van der Waals surface area contributed by atoms with Gasteiger partial charge in [0, 0.05) is 19.8 Å². The Bertz CT molecular complexity index is 232. The molecule has 0 amide bonds. The first-order chi connectivity index (χ1) is 6.73. The fourth-order valence-corrected chi connectivity index (χ4v) is 2.30. The fraction of sp³-hybridized carbons (Fsp3) is 0.917. The summed E-state index contributed by atoms with van der Waals surface area (Å²) in [6.45, 7) is 7.99. The average Bonchev–Trinajstić information content (AvgIpc) is 2.00. The van der Waals surface area contributed by atoms with E-state index in [1.807, 2.05) is 0 Å². The summed E-state index contributed by atoms with van der Waals surface area (Å²) >= 11 is 0. The second kappa shape index (κ2) is 4.12. The Labute approximate surface area is 91.8 Å². The smallest absolute Gasteiger partial charge is 0.305 e. The lowest BCUT2D eigenvalue weighted by atomic mass is 9.71. The molecule has 0 bridgehead atoms. The minimum atomic E-state index is -1.20. The van der Waals surface area contributed by atoms with Gasteiger partial charge in [0.05, 0.1) is 0 Å². The summed E-state index contributed by atoms with van der Waals surface area (Å²) < 4.78 is 4.96. The maximum atomic E-state index is 10.8. The van der Waals surface area contributed by atoms with Gasteiger partial charge in [-0.15, -0.1) is 0 Å². The number of ether oxygens (including phenoxy) is 1. The van der Waals surface area contributed by atoms with Gasteiger partial charge in [-0.1, -0.05) is 20.8 Å². The third-order valence-electron chi connectivity index (χ3n) is 3.33. The Kier molecular flexibility index (Phi) is 3.44. The number of hydrogen-bond donors (Lipinski definition) is 1. The van der Waals surface area contributed by atoms with E-state index in [1.54, 1.807) is 0 Å². The molecule has 0 spiro atoms. The van der Waals surface area contributed by atoms with Crippen molar-refractivity contribution < 1.29 is 14.6 Å². The molecule has 0 atom stereocenters. The number of carbonyl (C=O) groups is 1. The quantitative estimate of drug-likeness (QED) is 0.539. The number of hydrogen-bond acceptors (Lipinski definition) is 3. The van der Waals surface area contributed by atoms with Gasteiger partial charge in [0.25, 0.3) is 0 Å². The molecule has 1 aliphatic rings. The van der Waals surface area contributed by atoms with E-state index in [2.05, 4.69) is 20.8 Å². The first-order valence-corrected chi connectivity index (χ1v) is 5.65. The van der Waals surface area contributed by atoms with Crippen molar-refractivity contribution in [1.82, 2.24) is 0 Å². The van der Waals surface area contributed by atoms with E-state index in [0.717, 1.165) is 12.8 Å². The van der Waals surface area contributed by atoms with Crippen molar-refractivity contribution in [3.63, 3.8) is 0 Å². The molecule has 0 radical (unpaired) electrons. The molecule has 1 saturated carbocycles. The number of carbonyl (C=O) groups excluding carboxylic acids is 1. The molecule has 1 rings (SSSR count). The number of esters is 1. The molecule has 15 heavy (non-hydrogen) atoms. The van der Waals surface area contributed by atoms with Gasteiger partial charge in [-0.2, -0.15) is 0 Å². The first-order valence-electron chi connectivity index (χ1n) is 5.65. The Hall–Kier alpha value is -0.570. The molecule has 1 N–H and O–H groups in total. The summed E-state index contributed by atoms with van der Waals surface area (Å²) in [7, 11) is 0. The summed E-state index contributed by atoms with van der Waals surface area (Å²) in [5, 5.41) is 9.98. The van der Waals surface area contributed by atoms with Crippen LogP contribution in [-0.2, 0) is 9.53 Å². The van der Waals surface area contributed by atoms with Crippen LogP contribution in [0, 0.1) is 11.3 Å². The largest absolute Gasteiger partial charge is 0.433 e. The van der Waals surface area contributed by atoms with Crippen molar-refractivity contribution in [2.24, 2.45) is 11.3 Å². The molecular weight excluding hydrogens is 192 g/mol. The number of rotatable bonds is 1. The van der Waals surface area contributed by atoms with Gasteiger partial charge in [0.1, 0.15) is 0 Å². The topological polar surface area (TPSA) is 46.5 Å². The molecule has 0 aromatic rings. The van der Waals surface area contributed by atoms with Crippen molar-refractivity contribution in [2.45, 2.75) is 59.2 Å². The van der Waals surface area contributed by atoms with Gasteiger partial charge in [-0.3, -0.25) is 4.79 Å².